The number of hydrogen-bond acceptors (Lipinski definition) is 4. The normalized spacial score (nSPS) is 36.6. The molecule has 1 fully saturated rings. The number of aliphatic imine (C=N–C) groups is 2. The van der Waals surface area contributed by atoms with Crippen LogP contribution in [0.2, 0.25) is 0 Å². The van der Waals surface area contributed by atoms with Gasteiger partial charge in [0.25, 0.3) is 0 Å². The van der Waals surface area contributed by atoms with E-state index in [2.05, 4.69) is 34.1 Å². The molecular formula is C17H20BrN3O. The summed E-state index contributed by atoms with van der Waals surface area (Å²) < 4.78 is 1.05. The van der Waals surface area contributed by atoms with Crippen molar-refractivity contribution in [3.63, 3.8) is 0 Å². The van der Waals surface area contributed by atoms with Crippen molar-refractivity contribution in [1.29, 1.82) is 0 Å². The Bertz CT molecular complexity index is 684. The number of aliphatic hydroxyl groups excluding tert-OH is 1. The van der Waals surface area contributed by atoms with Gasteiger partial charge in [-0.3, -0.25) is 4.99 Å². The van der Waals surface area contributed by atoms with Crippen molar-refractivity contribution in [2.24, 2.45) is 21.1 Å². The van der Waals surface area contributed by atoms with Gasteiger partial charge in [0.1, 0.15) is 5.84 Å². The molecule has 1 heterocycles. The second kappa shape index (κ2) is 4.65. The lowest BCUT2D eigenvalue weighted by Gasteiger charge is -2.44. The Kier molecular flexibility index (Phi) is 3.04. The molecular weight excluding hydrogens is 342 g/mol. The maximum atomic E-state index is 9.95. The predicted octanol–water partition coefficient (Wildman–Crippen LogP) is 2.91. The summed E-state index contributed by atoms with van der Waals surface area (Å²) in [5.41, 5.74) is 8.80. The van der Waals surface area contributed by atoms with E-state index in [0.717, 1.165) is 42.3 Å². The molecule has 22 heavy (non-hydrogen) atoms. The number of nitrogens with zero attached hydrogens (tertiary/aromatic N) is 2. The molecule has 1 saturated carbocycles. The third-order valence-electron chi connectivity index (χ3n) is 5.61. The quantitative estimate of drug-likeness (QED) is 0.745. The van der Waals surface area contributed by atoms with Crippen molar-refractivity contribution in [1.82, 2.24) is 0 Å². The molecule has 116 valence electrons. The number of aliphatic hydroxyl groups is 1. The van der Waals surface area contributed by atoms with Gasteiger partial charge in [0.05, 0.1) is 11.8 Å². The van der Waals surface area contributed by atoms with Crippen molar-refractivity contribution >= 4 is 27.5 Å². The summed E-state index contributed by atoms with van der Waals surface area (Å²) in [4.78, 5) is 9.84. The SMILES string of the molecule is CC1=N[C@]2(N=C1N)c1cc(Br)ccc1C[C@]21CC[C@@H](O)CC1. The van der Waals surface area contributed by atoms with E-state index >= 15 is 0 Å². The smallest absolute Gasteiger partial charge is 0.184 e. The van der Waals surface area contributed by atoms with Crippen LogP contribution in [0.4, 0.5) is 0 Å². The molecule has 2 spiro atoms. The van der Waals surface area contributed by atoms with Crippen molar-refractivity contribution < 1.29 is 5.11 Å². The van der Waals surface area contributed by atoms with Crippen LogP contribution in [0.15, 0.2) is 32.7 Å². The molecule has 1 aromatic rings. The highest BCUT2D eigenvalue weighted by atomic mass is 79.9. The van der Waals surface area contributed by atoms with Crippen LogP contribution in [-0.4, -0.2) is 22.8 Å². The average Bonchev–Trinajstić information content (AvgIpc) is 2.92. The molecule has 0 amide bonds. The van der Waals surface area contributed by atoms with Gasteiger partial charge in [-0.1, -0.05) is 22.0 Å². The highest BCUT2D eigenvalue weighted by Gasteiger charge is 2.60. The minimum absolute atomic E-state index is 0.0439. The summed E-state index contributed by atoms with van der Waals surface area (Å²) in [6.07, 6.45) is 4.30. The molecule has 2 aliphatic carbocycles. The first-order chi connectivity index (χ1) is 10.5. The first-order valence-corrected chi connectivity index (χ1v) is 8.64. The maximum absolute atomic E-state index is 9.95. The van der Waals surface area contributed by atoms with E-state index in [1.807, 2.05) is 6.92 Å². The molecule has 0 saturated heterocycles. The van der Waals surface area contributed by atoms with E-state index in [-0.39, 0.29) is 11.5 Å². The van der Waals surface area contributed by atoms with Gasteiger partial charge in [-0.15, -0.1) is 0 Å². The Morgan fingerprint density at radius 2 is 2.00 bits per heavy atom. The molecule has 5 heteroatoms. The Labute approximate surface area is 138 Å². The van der Waals surface area contributed by atoms with Crippen LogP contribution in [-0.2, 0) is 12.1 Å². The fraction of sp³-hybridized carbons (Fsp3) is 0.529. The number of amidine groups is 1. The topological polar surface area (TPSA) is 71.0 Å². The summed E-state index contributed by atoms with van der Waals surface area (Å²) in [5, 5.41) is 9.95. The van der Waals surface area contributed by atoms with E-state index in [0.29, 0.717) is 5.84 Å². The molecule has 0 aromatic heterocycles. The van der Waals surface area contributed by atoms with E-state index in [9.17, 15) is 5.11 Å². The lowest BCUT2D eigenvalue weighted by molar-refractivity contribution is 0.0233. The Morgan fingerprint density at radius 3 is 2.64 bits per heavy atom. The lowest BCUT2D eigenvalue weighted by Crippen LogP contribution is -2.43. The van der Waals surface area contributed by atoms with Gasteiger partial charge in [0.15, 0.2) is 5.66 Å². The van der Waals surface area contributed by atoms with Crippen LogP contribution in [0.25, 0.3) is 0 Å². The molecule has 4 rings (SSSR count). The summed E-state index contributed by atoms with van der Waals surface area (Å²) in [6, 6.07) is 6.41. The second-order valence-electron chi connectivity index (χ2n) is 6.86. The second-order valence-corrected chi connectivity index (χ2v) is 7.77. The zero-order valence-corrected chi connectivity index (χ0v) is 14.2. The molecule has 1 atom stereocenters. The summed E-state index contributed by atoms with van der Waals surface area (Å²) >= 11 is 3.58. The standard InChI is InChI=1S/C17H20BrN3O/c1-10-15(19)21-17(20-10)14-8-12(18)3-2-11(14)9-16(17)6-4-13(22)5-7-16/h2-3,8,13,22H,4-7,9H2,1H3,(H2,19,21)/t13-,16-,17-/m0/s1. The molecule has 0 unspecified atom stereocenters. The largest absolute Gasteiger partial charge is 0.393 e. The van der Waals surface area contributed by atoms with Gasteiger partial charge in [-0.2, -0.15) is 0 Å². The summed E-state index contributed by atoms with van der Waals surface area (Å²) in [6.45, 7) is 1.94. The zero-order valence-electron chi connectivity index (χ0n) is 12.6. The minimum atomic E-state index is -0.583. The van der Waals surface area contributed by atoms with E-state index in [1.54, 1.807) is 0 Å². The van der Waals surface area contributed by atoms with Crippen molar-refractivity contribution in [3.8, 4) is 0 Å². The molecule has 1 aliphatic heterocycles. The van der Waals surface area contributed by atoms with Crippen molar-refractivity contribution in [2.75, 3.05) is 0 Å². The third-order valence-corrected chi connectivity index (χ3v) is 6.10. The fourth-order valence-corrected chi connectivity index (χ4v) is 4.78. The number of halogens is 1. The summed E-state index contributed by atoms with van der Waals surface area (Å²) in [7, 11) is 0. The van der Waals surface area contributed by atoms with Crippen molar-refractivity contribution in [2.45, 2.75) is 50.8 Å². The molecule has 3 aliphatic rings. The Hall–Kier alpha value is -1.20. The fourth-order valence-electron chi connectivity index (χ4n) is 4.42. The Balaban J connectivity index is 1.92. The van der Waals surface area contributed by atoms with E-state index in [1.165, 1.54) is 11.1 Å². The molecule has 4 nitrogen and oxygen atoms in total. The van der Waals surface area contributed by atoms with Gasteiger partial charge in [-0.05, 0) is 56.7 Å². The number of benzene rings is 1. The molecule has 0 bridgehead atoms. The molecule has 3 N–H and O–H groups in total. The zero-order chi connectivity index (χ0) is 15.5. The van der Waals surface area contributed by atoms with Gasteiger partial charge in [0.2, 0.25) is 0 Å². The van der Waals surface area contributed by atoms with E-state index in [4.69, 9.17) is 15.7 Å². The van der Waals surface area contributed by atoms with Crippen LogP contribution >= 0.6 is 15.9 Å². The third kappa shape index (κ3) is 1.78. The average molecular weight is 362 g/mol. The monoisotopic (exact) mass is 361 g/mol. The predicted molar refractivity (Wildman–Crippen MR) is 91.2 cm³/mol. The van der Waals surface area contributed by atoms with Gasteiger partial charge in [-0.25, -0.2) is 4.99 Å². The lowest BCUT2D eigenvalue weighted by atomic mass is 9.65. The molecule has 0 radical (unpaired) electrons. The van der Waals surface area contributed by atoms with Crippen LogP contribution in [0.1, 0.15) is 43.7 Å². The number of rotatable bonds is 0. The number of hydrogen-bond donors (Lipinski definition) is 2. The van der Waals surface area contributed by atoms with Gasteiger partial charge >= 0.3 is 0 Å². The minimum Gasteiger partial charge on any atom is -0.393 e. The van der Waals surface area contributed by atoms with Crippen molar-refractivity contribution in [3.05, 3.63) is 33.8 Å². The van der Waals surface area contributed by atoms with Crippen LogP contribution in [0, 0.1) is 5.41 Å². The maximum Gasteiger partial charge on any atom is 0.184 e. The number of fused-ring (bicyclic) bond motifs is 3. The summed E-state index contributed by atoms with van der Waals surface area (Å²) in [5.74, 6) is 0.554. The highest BCUT2D eigenvalue weighted by Crippen LogP contribution is 2.61. The van der Waals surface area contributed by atoms with Gasteiger partial charge in [0, 0.05) is 15.5 Å². The first kappa shape index (κ1) is 14.4. The van der Waals surface area contributed by atoms with Gasteiger partial charge < -0.3 is 10.8 Å². The number of nitrogens with two attached hydrogens (primary N) is 1. The highest BCUT2D eigenvalue weighted by molar-refractivity contribution is 9.10. The van der Waals surface area contributed by atoms with Crippen LogP contribution in [0.5, 0.6) is 0 Å². The first-order valence-electron chi connectivity index (χ1n) is 7.85. The molecule has 1 aromatic carbocycles. The van der Waals surface area contributed by atoms with Crippen LogP contribution < -0.4 is 5.73 Å². The van der Waals surface area contributed by atoms with Crippen LogP contribution in [0.3, 0.4) is 0 Å². The van der Waals surface area contributed by atoms with E-state index < -0.39 is 5.66 Å². The Morgan fingerprint density at radius 1 is 1.27 bits per heavy atom.